The van der Waals surface area contributed by atoms with Gasteiger partial charge in [0, 0.05) is 5.39 Å². The zero-order valence-electron chi connectivity index (χ0n) is 23.3. The third kappa shape index (κ3) is 5.19. The van der Waals surface area contributed by atoms with Gasteiger partial charge in [-0.15, -0.1) is 0 Å². The molecule has 2 heterocycles. The monoisotopic (exact) mass is 556 g/mol. The summed E-state index contributed by atoms with van der Waals surface area (Å²) in [5, 5.41) is 1.97. The molecule has 40 heavy (non-hydrogen) atoms. The van der Waals surface area contributed by atoms with E-state index in [1.54, 1.807) is 18.4 Å². The van der Waals surface area contributed by atoms with Crippen LogP contribution >= 0.6 is 11.3 Å². The Balaban J connectivity index is 1.69. The van der Waals surface area contributed by atoms with Gasteiger partial charge < -0.3 is 14.2 Å². The maximum absolute atomic E-state index is 14.0. The minimum absolute atomic E-state index is 0.0273. The Kier molecular flexibility index (Phi) is 7.89. The second-order valence-electron chi connectivity index (χ2n) is 9.67. The summed E-state index contributed by atoms with van der Waals surface area (Å²) in [7, 11) is 0. The van der Waals surface area contributed by atoms with Crippen LogP contribution in [0.5, 0.6) is 11.5 Å². The minimum atomic E-state index is -0.678. The average Bonchev–Trinajstić information content (AvgIpc) is 3.23. The number of hydrogen-bond donors (Lipinski definition) is 0. The lowest BCUT2D eigenvalue weighted by atomic mass is 9.96. The Hall–Kier alpha value is -4.17. The molecule has 5 rings (SSSR count). The normalized spacial score (nSPS) is 15.2. The predicted octanol–water partition coefficient (Wildman–Crippen LogP) is 5.14. The largest absolute Gasteiger partial charge is 0.493 e. The van der Waals surface area contributed by atoms with Crippen LogP contribution in [0.25, 0.3) is 16.8 Å². The summed E-state index contributed by atoms with van der Waals surface area (Å²) in [5.41, 5.74) is 2.34. The van der Waals surface area contributed by atoms with E-state index in [1.807, 2.05) is 87.5 Å². The fourth-order valence-corrected chi connectivity index (χ4v) is 5.99. The Labute approximate surface area is 236 Å². The SMILES string of the molecule is CCOC(=O)C1=C(C)N=c2s/c(=C/c3ccc(OCC)c4ccccc34)c(=O)n2[C@H]1c1ccc(OC(C)C)cc1. The second-order valence-corrected chi connectivity index (χ2v) is 10.7. The molecule has 8 heteroatoms. The van der Waals surface area contributed by atoms with Crippen molar-refractivity contribution in [1.29, 1.82) is 0 Å². The van der Waals surface area contributed by atoms with Gasteiger partial charge in [0.05, 0.1) is 41.2 Å². The van der Waals surface area contributed by atoms with Crippen LogP contribution in [0, 0.1) is 0 Å². The lowest BCUT2D eigenvalue weighted by Crippen LogP contribution is -2.39. The molecule has 1 aliphatic rings. The molecule has 0 N–H and O–H groups in total. The van der Waals surface area contributed by atoms with Crippen molar-refractivity contribution in [3.63, 3.8) is 0 Å². The molecule has 0 radical (unpaired) electrons. The second kappa shape index (κ2) is 11.5. The Morgan fingerprint density at radius 2 is 1.75 bits per heavy atom. The smallest absolute Gasteiger partial charge is 0.338 e. The maximum Gasteiger partial charge on any atom is 0.338 e. The van der Waals surface area contributed by atoms with Crippen molar-refractivity contribution in [3.8, 4) is 11.5 Å². The summed E-state index contributed by atoms with van der Waals surface area (Å²) in [6.07, 6.45) is 1.92. The summed E-state index contributed by atoms with van der Waals surface area (Å²) in [6, 6.07) is 18.7. The first-order chi connectivity index (χ1) is 19.3. The highest BCUT2D eigenvalue weighted by molar-refractivity contribution is 7.07. The quantitative estimate of drug-likeness (QED) is 0.281. The summed E-state index contributed by atoms with van der Waals surface area (Å²) in [6.45, 7) is 10.2. The Morgan fingerprint density at radius 3 is 2.42 bits per heavy atom. The summed E-state index contributed by atoms with van der Waals surface area (Å²) >= 11 is 1.31. The molecule has 0 saturated heterocycles. The number of thiazole rings is 1. The first-order valence-electron chi connectivity index (χ1n) is 13.4. The zero-order chi connectivity index (χ0) is 28.4. The fourth-order valence-electron chi connectivity index (χ4n) is 4.95. The molecule has 0 fully saturated rings. The highest BCUT2D eigenvalue weighted by atomic mass is 32.1. The van der Waals surface area contributed by atoms with Crippen molar-refractivity contribution >= 4 is 34.2 Å². The van der Waals surface area contributed by atoms with Crippen molar-refractivity contribution in [2.45, 2.75) is 46.8 Å². The lowest BCUT2D eigenvalue weighted by Gasteiger charge is -2.25. The summed E-state index contributed by atoms with van der Waals surface area (Å²) in [4.78, 5) is 32.4. The van der Waals surface area contributed by atoms with Crippen LogP contribution in [0.1, 0.15) is 51.8 Å². The van der Waals surface area contributed by atoms with Crippen LogP contribution in [0.2, 0.25) is 0 Å². The molecule has 0 unspecified atom stereocenters. The van der Waals surface area contributed by atoms with Crippen LogP contribution < -0.4 is 24.4 Å². The third-order valence-corrected chi connectivity index (χ3v) is 7.57. The van der Waals surface area contributed by atoms with E-state index < -0.39 is 12.0 Å². The molecule has 0 amide bonds. The van der Waals surface area contributed by atoms with Crippen molar-refractivity contribution in [2.75, 3.05) is 13.2 Å². The van der Waals surface area contributed by atoms with Gasteiger partial charge >= 0.3 is 5.97 Å². The van der Waals surface area contributed by atoms with E-state index in [0.29, 0.717) is 33.0 Å². The number of carbonyl (C=O) groups is 1. The maximum atomic E-state index is 14.0. The number of allylic oxidation sites excluding steroid dienone is 1. The topological polar surface area (TPSA) is 79.1 Å². The number of fused-ring (bicyclic) bond motifs is 2. The first kappa shape index (κ1) is 27.4. The predicted molar refractivity (Wildman–Crippen MR) is 158 cm³/mol. The lowest BCUT2D eigenvalue weighted by molar-refractivity contribution is -0.139. The molecule has 0 saturated carbocycles. The van der Waals surface area contributed by atoms with Gasteiger partial charge in [-0.3, -0.25) is 9.36 Å². The van der Waals surface area contributed by atoms with Crippen LogP contribution in [-0.4, -0.2) is 29.9 Å². The molecule has 206 valence electrons. The first-order valence-corrected chi connectivity index (χ1v) is 14.2. The molecular weight excluding hydrogens is 524 g/mol. The molecule has 1 atom stereocenters. The molecule has 4 aromatic rings. The van der Waals surface area contributed by atoms with Gasteiger partial charge in [0.25, 0.3) is 5.56 Å². The van der Waals surface area contributed by atoms with Gasteiger partial charge in [0.15, 0.2) is 4.80 Å². The molecule has 3 aromatic carbocycles. The van der Waals surface area contributed by atoms with Crippen LogP contribution in [-0.2, 0) is 9.53 Å². The third-order valence-electron chi connectivity index (χ3n) is 6.59. The molecule has 0 spiro atoms. The van der Waals surface area contributed by atoms with Gasteiger partial charge in [0.2, 0.25) is 0 Å². The van der Waals surface area contributed by atoms with Crippen LogP contribution in [0.4, 0.5) is 0 Å². The van der Waals surface area contributed by atoms with Gasteiger partial charge in [0.1, 0.15) is 11.5 Å². The van der Waals surface area contributed by atoms with E-state index in [-0.39, 0.29) is 18.3 Å². The van der Waals surface area contributed by atoms with Gasteiger partial charge in [-0.05, 0) is 75.4 Å². The minimum Gasteiger partial charge on any atom is -0.493 e. The number of ether oxygens (including phenoxy) is 3. The van der Waals surface area contributed by atoms with E-state index in [0.717, 1.165) is 27.6 Å². The Bertz CT molecular complexity index is 1780. The highest BCUT2D eigenvalue weighted by Gasteiger charge is 2.33. The molecule has 7 nitrogen and oxygen atoms in total. The Morgan fingerprint density at radius 1 is 1.02 bits per heavy atom. The molecule has 0 bridgehead atoms. The van der Waals surface area contributed by atoms with E-state index in [2.05, 4.69) is 4.99 Å². The number of aromatic nitrogens is 1. The molecule has 1 aliphatic heterocycles. The molecule has 1 aromatic heterocycles. The van der Waals surface area contributed by atoms with Crippen molar-refractivity contribution < 1.29 is 19.0 Å². The number of nitrogens with zero attached hydrogens (tertiary/aromatic N) is 2. The number of benzene rings is 3. The standard InChI is InChI=1S/C32H32N2O5S/c1-6-37-26-17-14-22(24-10-8-9-11-25(24)26)18-27-30(35)34-29(21-12-15-23(16-13-21)39-19(3)4)28(31(36)38-7-2)20(5)33-32(34)40-27/h8-19,29H,6-7H2,1-5H3/b27-18+/t29-/m0/s1. The van der Waals surface area contributed by atoms with Gasteiger partial charge in [-0.25, -0.2) is 9.79 Å². The molecular formula is C32H32N2O5S. The van der Waals surface area contributed by atoms with Crippen molar-refractivity contribution in [1.82, 2.24) is 4.57 Å². The van der Waals surface area contributed by atoms with E-state index in [9.17, 15) is 9.59 Å². The summed E-state index contributed by atoms with van der Waals surface area (Å²) in [5.74, 6) is 1.03. The van der Waals surface area contributed by atoms with E-state index in [1.165, 1.54) is 11.3 Å². The number of hydrogen-bond acceptors (Lipinski definition) is 7. The highest BCUT2D eigenvalue weighted by Crippen LogP contribution is 2.32. The summed E-state index contributed by atoms with van der Waals surface area (Å²) < 4.78 is 19.2. The average molecular weight is 557 g/mol. The van der Waals surface area contributed by atoms with Crippen molar-refractivity contribution in [2.24, 2.45) is 4.99 Å². The zero-order valence-corrected chi connectivity index (χ0v) is 24.1. The van der Waals surface area contributed by atoms with Crippen LogP contribution in [0.15, 0.2) is 81.7 Å². The number of rotatable bonds is 8. The van der Waals surface area contributed by atoms with E-state index >= 15 is 0 Å². The van der Waals surface area contributed by atoms with Gasteiger partial charge in [-0.2, -0.15) is 0 Å². The number of carbonyl (C=O) groups excluding carboxylic acids is 1. The van der Waals surface area contributed by atoms with E-state index in [4.69, 9.17) is 14.2 Å². The molecule has 0 aliphatic carbocycles. The van der Waals surface area contributed by atoms with Crippen molar-refractivity contribution in [3.05, 3.63) is 103 Å². The fraction of sp³-hybridized carbons (Fsp3) is 0.281. The number of esters is 1. The van der Waals surface area contributed by atoms with Crippen LogP contribution in [0.3, 0.4) is 0 Å². The van der Waals surface area contributed by atoms with Gasteiger partial charge in [-0.1, -0.05) is 53.8 Å².